The summed E-state index contributed by atoms with van der Waals surface area (Å²) in [5, 5.41) is 6.33. The summed E-state index contributed by atoms with van der Waals surface area (Å²) in [5.74, 6) is 1.37. The summed E-state index contributed by atoms with van der Waals surface area (Å²) >= 11 is 0. The Morgan fingerprint density at radius 2 is 1.86 bits per heavy atom. The van der Waals surface area contributed by atoms with E-state index in [1.807, 2.05) is 48.5 Å². The first kappa shape index (κ1) is 14.8. The average molecular weight is 283 g/mol. The molecule has 2 rings (SSSR count). The van der Waals surface area contributed by atoms with Gasteiger partial charge in [-0.1, -0.05) is 24.3 Å². The van der Waals surface area contributed by atoms with E-state index in [4.69, 9.17) is 5.73 Å². The van der Waals surface area contributed by atoms with E-state index in [0.717, 1.165) is 37.4 Å². The van der Waals surface area contributed by atoms with Crippen LogP contribution in [0.25, 0.3) is 0 Å². The monoisotopic (exact) mass is 283 g/mol. The number of para-hydroxylation sites is 1. The molecule has 1 aromatic carbocycles. The van der Waals surface area contributed by atoms with Gasteiger partial charge in [0.15, 0.2) is 5.96 Å². The lowest BCUT2D eigenvalue weighted by Crippen LogP contribution is -2.22. The summed E-state index contributed by atoms with van der Waals surface area (Å²) in [4.78, 5) is 8.51. The van der Waals surface area contributed by atoms with Crippen LogP contribution in [0.3, 0.4) is 0 Å². The maximum Gasteiger partial charge on any atom is 0.193 e. The zero-order chi connectivity index (χ0) is 14.8. The summed E-state index contributed by atoms with van der Waals surface area (Å²) in [6.07, 6.45) is 3.79. The molecule has 0 amide bonds. The van der Waals surface area contributed by atoms with Crippen molar-refractivity contribution in [3.8, 4) is 0 Å². The minimum absolute atomic E-state index is 0.457. The number of rotatable bonds is 7. The molecule has 0 radical (unpaired) electrons. The number of hydrogen-bond acceptors (Lipinski definition) is 3. The van der Waals surface area contributed by atoms with E-state index in [-0.39, 0.29) is 0 Å². The van der Waals surface area contributed by atoms with Crippen LogP contribution in [0.15, 0.2) is 59.7 Å². The molecule has 0 aliphatic carbocycles. The molecule has 1 aromatic heterocycles. The molecule has 110 valence electrons. The third kappa shape index (κ3) is 5.95. The predicted octanol–water partition coefficient (Wildman–Crippen LogP) is 2.70. The third-order valence-electron chi connectivity index (χ3n) is 2.88. The smallest absolute Gasteiger partial charge is 0.193 e. The van der Waals surface area contributed by atoms with Crippen LogP contribution in [0, 0.1) is 0 Å². The molecule has 0 bridgehead atoms. The van der Waals surface area contributed by atoms with Crippen LogP contribution in [0.4, 0.5) is 11.5 Å². The Hall–Kier alpha value is -2.56. The number of aliphatic imine (C=N–C) groups is 1. The van der Waals surface area contributed by atoms with Gasteiger partial charge in [-0.2, -0.15) is 0 Å². The summed E-state index contributed by atoms with van der Waals surface area (Å²) in [6.45, 7) is 1.61. The molecule has 2 aromatic rings. The Bertz CT molecular complexity index is 539. The zero-order valence-corrected chi connectivity index (χ0v) is 12.0. The molecule has 4 N–H and O–H groups in total. The third-order valence-corrected chi connectivity index (χ3v) is 2.88. The average Bonchev–Trinajstić information content (AvgIpc) is 2.53. The lowest BCUT2D eigenvalue weighted by molar-refractivity contribution is 0.772. The number of pyridine rings is 1. The Labute approximate surface area is 125 Å². The van der Waals surface area contributed by atoms with E-state index in [1.165, 1.54) is 0 Å². The molecule has 0 unspecified atom stereocenters. The fourth-order valence-corrected chi connectivity index (χ4v) is 1.83. The highest BCUT2D eigenvalue weighted by Gasteiger charge is 1.94. The van der Waals surface area contributed by atoms with Crippen LogP contribution in [0.1, 0.15) is 12.8 Å². The molecule has 0 saturated carbocycles. The van der Waals surface area contributed by atoms with Gasteiger partial charge in [-0.05, 0) is 37.1 Å². The van der Waals surface area contributed by atoms with E-state index in [0.29, 0.717) is 5.96 Å². The maximum atomic E-state index is 5.82. The van der Waals surface area contributed by atoms with E-state index in [1.54, 1.807) is 6.20 Å². The van der Waals surface area contributed by atoms with Gasteiger partial charge in [-0.25, -0.2) is 4.98 Å². The number of hydrogen-bond donors (Lipinski definition) is 3. The standard InChI is InChI=1S/C16H21N5/c17-16(21-14-8-2-1-3-9-14)20-13-7-6-12-19-15-10-4-5-11-18-15/h1-5,8-11H,6-7,12-13H2,(H,18,19)(H3,17,20,21). The molecule has 1 heterocycles. The number of nitrogens with two attached hydrogens (primary N) is 1. The van der Waals surface area contributed by atoms with Crippen LogP contribution in [0.2, 0.25) is 0 Å². The summed E-state index contributed by atoms with van der Waals surface area (Å²) in [7, 11) is 0. The predicted molar refractivity (Wildman–Crippen MR) is 88.5 cm³/mol. The fourth-order valence-electron chi connectivity index (χ4n) is 1.83. The van der Waals surface area contributed by atoms with Gasteiger partial charge in [0.2, 0.25) is 0 Å². The first-order valence-corrected chi connectivity index (χ1v) is 7.11. The van der Waals surface area contributed by atoms with Crippen molar-refractivity contribution in [3.63, 3.8) is 0 Å². The topological polar surface area (TPSA) is 75.3 Å². The minimum Gasteiger partial charge on any atom is -0.370 e. The Morgan fingerprint density at radius 1 is 1.05 bits per heavy atom. The molecule has 0 aliphatic heterocycles. The van der Waals surface area contributed by atoms with E-state index < -0.39 is 0 Å². The molecule has 0 aliphatic rings. The summed E-state index contributed by atoms with van der Waals surface area (Å²) < 4.78 is 0. The van der Waals surface area contributed by atoms with Gasteiger partial charge in [-0.3, -0.25) is 4.99 Å². The van der Waals surface area contributed by atoms with Crippen molar-refractivity contribution in [2.45, 2.75) is 12.8 Å². The van der Waals surface area contributed by atoms with Crippen molar-refractivity contribution in [3.05, 3.63) is 54.7 Å². The molecule has 0 atom stereocenters. The highest BCUT2D eigenvalue weighted by Crippen LogP contribution is 2.04. The maximum absolute atomic E-state index is 5.82. The number of guanidine groups is 1. The number of aromatic nitrogens is 1. The first-order valence-electron chi connectivity index (χ1n) is 7.11. The van der Waals surface area contributed by atoms with Crippen molar-refractivity contribution in [2.75, 3.05) is 23.7 Å². The van der Waals surface area contributed by atoms with Gasteiger partial charge < -0.3 is 16.4 Å². The molecular weight excluding hydrogens is 262 g/mol. The van der Waals surface area contributed by atoms with Crippen molar-refractivity contribution in [1.82, 2.24) is 4.98 Å². The zero-order valence-electron chi connectivity index (χ0n) is 12.0. The van der Waals surface area contributed by atoms with Crippen molar-refractivity contribution in [2.24, 2.45) is 10.7 Å². The minimum atomic E-state index is 0.457. The van der Waals surface area contributed by atoms with Crippen molar-refractivity contribution >= 4 is 17.5 Å². The van der Waals surface area contributed by atoms with Crippen molar-refractivity contribution in [1.29, 1.82) is 0 Å². The number of anilines is 2. The fraction of sp³-hybridized carbons (Fsp3) is 0.250. The number of benzene rings is 1. The Morgan fingerprint density at radius 3 is 2.62 bits per heavy atom. The van der Waals surface area contributed by atoms with E-state index >= 15 is 0 Å². The Balaban J connectivity index is 1.59. The lowest BCUT2D eigenvalue weighted by atomic mass is 10.3. The van der Waals surface area contributed by atoms with E-state index in [2.05, 4.69) is 20.6 Å². The molecule has 5 heteroatoms. The van der Waals surface area contributed by atoms with Crippen LogP contribution >= 0.6 is 0 Å². The summed E-state index contributed by atoms with van der Waals surface area (Å²) in [5.41, 5.74) is 6.78. The van der Waals surface area contributed by atoms with Gasteiger partial charge in [0.1, 0.15) is 5.82 Å². The van der Waals surface area contributed by atoms with Crippen LogP contribution in [-0.2, 0) is 0 Å². The number of nitrogens with one attached hydrogen (secondary N) is 2. The summed E-state index contributed by atoms with van der Waals surface area (Å²) in [6, 6.07) is 15.6. The normalized spacial score (nSPS) is 11.1. The molecule has 0 fully saturated rings. The number of unbranched alkanes of at least 4 members (excludes halogenated alkanes) is 1. The van der Waals surface area contributed by atoms with Crippen molar-refractivity contribution < 1.29 is 0 Å². The van der Waals surface area contributed by atoms with Gasteiger partial charge in [-0.15, -0.1) is 0 Å². The highest BCUT2D eigenvalue weighted by atomic mass is 15.1. The second kappa shape index (κ2) is 8.58. The largest absolute Gasteiger partial charge is 0.370 e. The second-order valence-electron chi connectivity index (χ2n) is 4.61. The molecule has 0 saturated heterocycles. The molecular formula is C16H21N5. The van der Waals surface area contributed by atoms with Gasteiger partial charge in [0.05, 0.1) is 0 Å². The SMILES string of the molecule is NC(=NCCCCNc1ccccn1)Nc1ccccc1. The van der Waals surface area contributed by atoms with E-state index in [9.17, 15) is 0 Å². The van der Waals surface area contributed by atoms with Crippen LogP contribution < -0.4 is 16.4 Å². The number of nitrogens with zero attached hydrogens (tertiary/aromatic N) is 2. The lowest BCUT2D eigenvalue weighted by Gasteiger charge is -2.06. The van der Waals surface area contributed by atoms with Crippen LogP contribution in [-0.4, -0.2) is 24.0 Å². The van der Waals surface area contributed by atoms with Gasteiger partial charge in [0.25, 0.3) is 0 Å². The van der Waals surface area contributed by atoms with Gasteiger partial charge in [0, 0.05) is 25.0 Å². The Kier molecular flexibility index (Phi) is 6.06. The highest BCUT2D eigenvalue weighted by molar-refractivity contribution is 5.92. The molecule has 0 spiro atoms. The van der Waals surface area contributed by atoms with Gasteiger partial charge >= 0.3 is 0 Å². The molecule has 21 heavy (non-hydrogen) atoms. The second-order valence-corrected chi connectivity index (χ2v) is 4.61. The first-order chi connectivity index (χ1) is 10.3. The van der Waals surface area contributed by atoms with Crippen LogP contribution in [0.5, 0.6) is 0 Å². The molecule has 5 nitrogen and oxygen atoms in total. The quantitative estimate of drug-likeness (QED) is 0.415.